The summed E-state index contributed by atoms with van der Waals surface area (Å²) in [7, 11) is 1.69. The summed E-state index contributed by atoms with van der Waals surface area (Å²) in [6.45, 7) is 2.04. The molecular weight excluding hydrogens is 376 g/mol. The highest BCUT2D eigenvalue weighted by Gasteiger charge is 2.21. The fourth-order valence-corrected chi connectivity index (χ4v) is 3.05. The van der Waals surface area contributed by atoms with E-state index < -0.39 is 6.04 Å². The van der Waals surface area contributed by atoms with Gasteiger partial charge in [-0.15, -0.1) is 0 Å². The van der Waals surface area contributed by atoms with Crippen LogP contribution < -0.4 is 5.32 Å². The summed E-state index contributed by atoms with van der Waals surface area (Å²) in [5.74, 6) is -0.579. The SMILES string of the molecule is C[C@H](NC(=O)c1ccccc1Cl)C(=O)N(C)Cc1cnn(-c2ccccc2)c1. The molecule has 0 aliphatic carbocycles. The number of benzene rings is 2. The Labute approximate surface area is 168 Å². The van der Waals surface area contributed by atoms with Crippen LogP contribution >= 0.6 is 11.6 Å². The summed E-state index contributed by atoms with van der Waals surface area (Å²) >= 11 is 6.04. The van der Waals surface area contributed by atoms with Gasteiger partial charge in [0.05, 0.1) is 22.5 Å². The second-order valence-corrected chi connectivity index (χ2v) is 6.91. The number of hydrogen-bond acceptors (Lipinski definition) is 3. The molecule has 0 bridgehead atoms. The highest BCUT2D eigenvalue weighted by atomic mass is 35.5. The van der Waals surface area contributed by atoms with Crippen molar-refractivity contribution in [2.75, 3.05) is 7.05 Å². The van der Waals surface area contributed by atoms with Crippen LogP contribution in [0.25, 0.3) is 5.69 Å². The van der Waals surface area contributed by atoms with Gasteiger partial charge in [-0.1, -0.05) is 41.9 Å². The predicted octanol–water partition coefficient (Wildman–Crippen LogP) is 3.30. The van der Waals surface area contributed by atoms with Crippen LogP contribution in [0.4, 0.5) is 0 Å². The number of aromatic nitrogens is 2. The molecule has 0 fully saturated rings. The Hall–Kier alpha value is -3.12. The minimum absolute atomic E-state index is 0.201. The maximum absolute atomic E-state index is 12.6. The third-order valence-electron chi connectivity index (χ3n) is 4.29. The molecule has 0 aliphatic rings. The monoisotopic (exact) mass is 396 g/mol. The van der Waals surface area contributed by atoms with Crippen LogP contribution in [-0.2, 0) is 11.3 Å². The number of hydrogen-bond donors (Lipinski definition) is 1. The third kappa shape index (κ3) is 4.58. The first-order valence-electron chi connectivity index (χ1n) is 8.85. The number of para-hydroxylation sites is 1. The van der Waals surface area contributed by atoms with E-state index in [1.54, 1.807) is 54.0 Å². The number of amides is 2. The molecule has 1 atom stereocenters. The number of carbonyl (C=O) groups excluding carboxylic acids is 2. The summed E-state index contributed by atoms with van der Waals surface area (Å²) in [6, 6.07) is 15.8. The normalized spacial score (nSPS) is 11.7. The second-order valence-electron chi connectivity index (χ2n) is 6.50. The van der Waals surface area contributed by atoms with Gasteiger partial charge in [0.1, 0.15) is 6.04 Å². The van der Waals surface area contributed by atoms with Gasteiger partial charge in [0.2, 0.25) is 5.91 Å². The molecule has 3 rings (SSSR count). The summed E-state index contributed by atoms with van der Waals surface area (Å²) in [4.78, 5) is 26.5. The fraction of sp³-hybridized carbons (Fsp3) is 0.190. The number of nitrogens with one attached hydrogen (secondary N) is 1. The number of carbonyl (C=O) groups is 2. The number of nitrogens with zero attached hydrogens (tertiary/aromatic N) is 3. The van der Waals surface area contributed by atoms with Gasteiger partial charge in [0.15, 0.2) is 0 Å². The molecule has 1 heterocycles. The molecule has 6 nitrogen and oxygen atoms in total. The van der Waals surface area contributed by atoms with Gasteiger partial charge in [-0.25, -0.2) is 4.68 Å². The lowest BCUT2D eigenvalue weighted by atomic mass is 10.2. The standard InChI is InChI=1S/C21H21ClN4O2/c1-15(24-20(27)18-10-6-7-11-19(18)22)21(28)25(2)13-16-12-23-26(14-16)17-8-4-3-5-9-17/h3-12,14-15H,13H2,1-2H3,(H,24,27)/t15-/m0/s1. The van der Waals surface area contributed by atoms with Crippen LogP contribution in [0.1, 0.15) is 22.8 Å². The van der Waals surface area contributed by atoms with Crippen molar-refractivity contribution in [1.29, 1.82) is 0 Å². The number of likely N-dealkylation sites (N-methyl/N-ethyl adjacent to an activating group) is 1. The summed E-state index contributed by atoms with van der Waals surface area (Å²) in [5, 5.41) is 7.38. The van der Waals surface area contributed by atoms with Gasteiger partial charge < -0.3 is 10.2 Å². The molecule has 2 amide bonds. The van der Waals surface area contributed by atoms with Crippen LogP contribution in [0.2, 0.25) is 5.02 Å². The number of halogens is 1. The maximum atomic E-state index is 12.6. The van der Waals surface area contributed by atoms with Crippen LogP contribution in [0.5, 0.6) is 0 Å². The quantitative estimate of drug-likeness (QED) is 0.695. The first-order valence-corrected chi connectivity index (χ1v) is 9.23. The molecule has 1 N–H and O–H groups in total. The molecule has 28 heavy (non-hydrogen) atoms. The zero-order chi connectivity index (χ0) is 20.1. The molecule has 144 valence electrons. The fourth-order valence-electron chi connectivity index (χ4n) is 2.83. The Morgan fingerprint density at radius 3 is 2.54 bits per heavy atom. The van der Waals surface area contributed by atoms with Crippen molar-refractivity contribution in [3.63, 3.8) is 0 Å². The van der Waals surface area contributed by atoms with Gasteiger partial charge in [0.25, 0.3) is 5.91 Å². The van der Waals surface area contributed by atoms with E-state index in [1.807, 2.05) is 36.5 Å². The maximum Gasteiger partial charge on any atom is 0.253 e. The summed E-state index contributed by atoms with van der Waals surface area (Å²) in [6.07, 6.45) is 3.61. The van der Waals surface area contributed by atoms with Crippen molar-refractivity contribution in [1.82, 2.24) is 20.0 Å². The van der Waals surface area contributed by atoms with E-state index in [2.05, 4.69) is 10.4 Å². The number of rotatable bonds is 6. The highest BCUT2D eigenvalue weighted by Crippen LogP contribution is 2.15. The molecule has 0 unspecified atom stereocenters. The van der Waals surface area contributed by atoms with Crippen LogP contribution in [0.3, 0.4) is 0 Å². The van der Waals surface area contributed by atoms with E-state index in [1.165, 1.54) is 0 Å². The van der Waals surface area contributed by atoms with Gasteiger partial charge in [-0.05, 0) is 31.2 Å². The Balaban J connectivity index is 1.60. The molecule has 3 aromatic rings. The third-order valence-corrected chi connectivity index (χ3v) is 4.62. The lowest BCUT2D eigenvalue weighted by molar-refractivity contribution is -0.132. The average molecular weight is 397 g/mol. The minimum atomic E-state index is -0.682. The Morgan fingerprint density at radius 2 is 1.82 bits per heavy atom. The molecule has 0 radical (unpaired) electrons. The Kier molecular flexibility index (Phi) is 6.11. The van der Waals surface area contributed by atoms with E-state index in [-0.39, 0.29) is 11.8 Å². The van der Waals surface area contributed by atoms with Gasteiger partial charge >= 0.3 is 0 Å². The Bertz CT molecular complexity index is 971. The predicted molar refractivity (Wildman–Crippen MR) is 108 cm³/mol. The summed E-state index contributed by atoms with van der Waals surface area (Å²) in [5.41, 5.74) is 2.18. The molecule has 0 aliphatic heterocycles. The first-order chi connectivity index (χ1) is 13.5. The minimum Gasteiger partial charge on any atom is -0.340 e. The smallest absolute Gasteiger partial charge is 0.253 e. The van der Waals surface area contributed by atoms with Gasteiger partial charge in [-0.2, -0.15) is 5.10 Å². The first kappa shape index (κ1) is 19.6. The van der Waals surface area contributed by atoms with Crippen LogP contribution in [0, 0.1) is 0 Å². The molecule has 0 saturated heterocycles. The van der Waals surface area contributed by atoms with E-state index >= 15 is 0 Å². The molecular formula is C21H21ClN4O2. The van der Waals surface area contributed by atoms with Crippen LogP contribution in [-0.4, -0.2) is 39.6 Å². The molecule has 0 spiro atoms. The lowest BCUT2D eigenvalue weighted by Gasteiger charge is -2.21. The van der Waals surface area contributed by atoms with Gasteiger partial charge in [0, 0.05) is 25.4 Å². The van der Waals surface area contributed by atoms with Crippen molar-refractivity contribution in [2.45, 2.75) is 19.5 Å². The van der Waals surface area contributed by atoms with E-state index in [4.69, 9.17) is 11.6 Å². The van der Waals surface area contributed by atoms with Crippen molar-refractivity contribution < 1.29 is 9.59 Å². The second kappa shape index (κ2) is 8.71. The zero-order valence-corrected chi connectivity index (χ0v) is 16.4. The van der Waals surface area contributed by atoms with Crippen molar-refractivity contribution in [3.05, 3.63) is 83.1 Å². The van der Waals surface area contributed by atoms with Crippen molar-refractivity contribution in [3.8, 4) is 5.69 Å². The van der Waals surface area contributed by atoms with Crippen LogP contribution in [0.15, 0.2) is 67.0 Å². The topological polar surface area (TPSA) is 67.2 Å². The van der Waals surface area contributed by atoms with E-state index in [0.29, 0.717) is 17.1 Å². The molecule has 2 aromatic carbocycles. The largest absolute Gasteiger partial charge is 0.340 e. The van der Waals surface area contributed by atoms with E-state index in [0.717, 1.165) is 11.3 Å². The van der Waals surface area contributed by atoms with Crippen molar-refractivity contribution >= 4 is 23.4 Å². The lowest BCUT2D eigenvalue weighted by Crippen LogP contribution is -2.45. The molecule has 7 heteroatoms. The summed E-state index contributed by atoms with van der Waals surface area (Å²) < 4.78 is 1.76. The Morgan fingerprint density at radius 1 is 1.14 bits per heavy atom. The highest BCUT2D eigenvalue weighted by molar-refractivity contribution is 6.33. The zero-order valence-electron chi connectivity index (χ0n) is 15.7. The molecule has 1 aromatic heterocycles. The molecule has 0 saturated carbocycles. The average Bonchev–Trinajstić information content (AvgIpc) is 3.16. The van der Waals surface area contributed by atoms with Gasteiger partial charge in [-0.3, -0.25) is 9.59 Å². The van der Waals surface area contributed by atoms with Crippen molar-refractivity contribution in [2.24, 2.45) is 0 Å². The van der Waals surface area contributed by atoms with E-state index in [9.17, 15) is 9.59 Å².